The second-order valence-electron chi connectivity index (χ2n) is 6.32. The van der Waals surface area contributed by atoms with E-state index in [0.717, 1.165) is 18.2 Å². The van der Waals surface area contributed by atoms with Gasteiger partial charge in [-0.1, -0.05) is 31.0 Å². The molecule has 0 amide bonds. The van der Waals surface area contributed by atoms with Crippen LogP contribution in [0.1, 0.15) is 57.1 Å². The molecule has 0 bridgehead atoms. The predicted molar refractivity (Wildman–Crippen MR) is 86.9 cm³/mol. The Morgan fingerprint density at radius 3 is 2.62 bits per heavy atom. The normalized spacial score (nSPS) is 16.4. The summed E-state index contributed by atoms with van der Waals surface area (Å²) in [6.45, 7) is 4.29. The highest BCUT2D eigenvalue weighted by Gasteiger charge is 2.19. The third kappa shape index (κ3) is 5.76. The van der Waals surface area contributed by atoms with Gasteiger partial charge in [-0.3, -0.25) is 4.90 Å². The highest BCUT2D eigenvalue weighted by molar-refractivity contribution is 5.20. The van der Waals surface area contributed by atoms with Gasteiger partial charge in [-0.05, 0) is 58.8 Å². The standard InChI is InChI=1S/C18H29FN2/c1-15(17-9-5-6-10-18(17)19)21(2)14-8-4-3-7-13-20-16-11-12-16/h5-6,9-10,15-16,20H,3-4,7-8,11-14H2,1-2H3. The molecule has 1 aromatic rings. The molecular formula is C18H29FN2. The molecule has 2 nitrogen and oxygen atoms in total. The number of rotatable bonds is 10. The van der Waals surface area contributed by atoms with Crippen LogP contribution >= 0.6 is 0 Å². The minimum absolute atomic E-state index is 0.0944. The molecule has 1 atom stereocenters. The topological polar surface area (TPSA) is 15.3 Å². The van der Waals surface area contributed by atoms with Crippen LogP contribution in [0.3, 0.4) is 0 Å². The molecule has 21 heavy (non-hydrogen) atoms. The Labute approximate surface area is 128 Å². The molecule has 1 aromatic carbocycles. The molecular weight excluding hydrogens is 263 g/mol. The molecule has 0 heterocycles. The first-order chi connectivity index (χ1) is 10.2. The van der Waals surface area contributed by atoms with Crippen LogP contribution in [0.4, 0.5) is 4.39 Å². The summed E-state index contributed by atoms with van der Waals surface area (Å²) in [6, 6.07) is 8.07. The Kier molecular flexibility index (Phi) is 6.65. The Morgan fingerprint density at radius 1 is 1.19 bits per heavy atom. The van der Waals surface area contributed by atoms with E-state index in [-0.39, 0.29) is 11.9 Å². The molecule has 1 N–H and O–H groups in total. The van der Waals surface area contributed by atoms with E-state index < -0.39 is 0 Å². The lowest BCUT2D eigenvalue weighted by atomic mass is 10.1. The molecule has 1 aliphatic carbocycles. The second-order valence-corrected chi connectivity index (χ2v) is 6.32. The Hall–Kier alpha value is -0.930. The maximum atomic E-state index is 13.8. The minimum atomic E-state index is -0.0944. The largest absolute Gasteiger partial charge is 0.314 e. The van der Waals surface area contributed by atoms with Crippen LogP contribution in [0, 0.1) is 5.82 Å². The van der Waals surface area contributed by atoms with E-state index in [0.29, 0.717) is 0 Å². The Bertz CT molecular complexity index is 417. The van der Waals surface area contributed by atoms with Crippen molar-refractivity contribution < 1.29 is 4.39 Å². The van der Waals surface area contributed by atoms with Gasteiger partial charge in [-0.2, -0.15) is 0 Å². The van der Waals surface area contributed by atoms with E-state index in [1.54, 1.807) is 12.1 Å². The molecule has 0 aliphatic heterocycles. The molecule has 1 fully saturated rings. The summed E-state index contributed by atoms with van der Waals surface area (Å²) in [7, 11) is 2.09. The van der Waals surface area contributed by atoms with Crippen molar-refractivity contribution >= 4 is 0 Å². The fraction of sp³-hybridized carbons (Fsp3) is 0.667. The van der Waals surface area contributed by atoms with Crippen molar-refractivity contribution in [3.05, 3.63) is 35.6 Å². The zero-order valence-electron chi connectivity index (χ0n) is 13.4. The molecule has 0 saturated heterocycles. The number of benzene rings is 1. The molecule has 0 aromatic heterocycles. The number of unbranched alkanes of at least 4 members (excludes halogenated alkanes) is 3. The minimum Gasteiger partial charge on any atom is -0.314 e. The molecule has 0 spiro atoms. The first-order valence-corrected chi connectivity index (χ1v) is 8.36. The summed E-state index contributed by atoms with van der Waals surface area (Å²) < 4.78 is 13.8. The fourth-order valence-corrected chi connectivity index (χ4v) is 2.68. The van der Waals surface area contributed by atoms with Crippen molar-refractivity contribution in [1.82, 2.24) is 10.2 Å². The molecule has 1 saturated carbocycles. The summed E-state index contributed by atoms with van der Waals surface area (Å²) in [6.07, 6.45) is 7.78. The lowest BCUT2D eigenvalue weighted by molar-refractivity contribution is 0.250. The Balaban J connectivity index is 1.57. The van der Waals surface area contributed by atoms with Crippen molar-refractivity contribution in [3.8, 4) is 0 Å². The smallest absolute Gasteiger partial charge is 0.127 e. The van der Waals surface area contributed by atoms with Gasteiger partial charge in [-0.25, -0.2) is 4.39 Å². The third-order valence-corrected chi connectivity index (χ3v) is 4.46. The van der Waals surface area contributed by atoms with Gasteiger partial charge >= 0.3 is 0 Å². The van der Waals surface area contributed by atoms with Gasteiger partial charge in [0.25, 0.3) is 0 Å². The summed E-state index contributed by atoms with van der Waals surface area (Å²) in [5, 5.41) is 3.55. The number of halogens is 1. The molecule has 1 unspecified atom stereocenters. The maximum Gasteiger partial charge on any atom is 0.127 e. The Morgan fingerprint density at radius 2 is 1.90 bits per heavy atom. The van der Waals surface area contributed by atoms with Crippen LogP contribution in [0.15, 0.2) is 24.3 Å². The molecule has 118 valence electrons. The first-order valence-electron chi connectivity index (χ1n) is 8.36. The van der Waals surface area contributed by atoms with E-state index in [2.05, 4.69) is 24.2 Å². The monoisotopic (exact) mass is 292 g/mol. The molecule has 0 radical (unpaired) electrons. The lowest BCUT2D eigenvalue weighted by Crippen LogP contribution is -2.24. The summed E-state index contributed by atoms with van der Waals surface area (Å²) in [5.41, 5.74) is 0.800. The lowest BCUT2D eigenvalue weighted by Gasteiger charge is -2.25. The van der Waals surface area contributed by atoms with Crippen molar-refractivity contribution in [2.24, 2.45) is 0 Å². The van der Waals surface area contributed by atoms with Crippen molar-refractivity contribution in [3.63, 3.8) is 0 Å². The molecule has 1 aliphatic rings. The number of nitrogens with one attached hydrogen (secondary N) is 1. The van der Waals surface area contributed by atoms with E-state index in [4.69, 9.17) is 0 Å². The van der Waals surface area contributed by atoms with E-state index in [1.807, 2.05) is 12.1 Å². The third-order valence-electron chi connectivity index (χ3n) is 4.46. The SMILES string of the molecule is CC(c1ccccc1F)N(C)CCCCCCNC1CC1. The van der Waals surface area contributed by atoms with Gasteiger partial charge in [0.15, 0.2) is 0 Å². The van der Waals surface area contributed by atoms with Crippen molar-refractivity contribution in [1.29, 1.82) is 0 Å². The van der Waals surface area contributed by atoms with Crippen LogP contribution in [0.5, 0.6) is 0 Å². The van der Waals surface area contributed by atoms with Crippen LogP contribution < -0.4 is 5.32 Å². The maximum absolute atomic E-state index is 13.8. The zero-order valence-corrected chi connectivity index (χ0v) is 13.4. The van der Waals surface area contributed by atoms with Gasteiger partial charge in [-0.15, -0.1) is 0 Å². The fourth-order valence-electron chi connectivity index (χ4n) is 2.68. The highest BCUT2D eigenvalue weighted by atomic mass is 19.1. The zero-order chi connectivity index (χ0) is 15.1. The number of hydrogen-bond donors (Lipinski definition) is 1. The summed E-state index contributed by atoms with van der Waals surface area (Å²) in [5.74, 6) is -0.0944. The van der Waals surface area contributed by atoms with Crippen LogP contribution in [0.25, 0.3) is 0 Å². The van der Waals surface area contributed by atoms with Crippen LogP contribution in [-0.2, 0) is 0 Å². The quantitative estimate of drug-likeness (QED) is 0.652. The van der Waals surface area contributed by atoms with Gasteiger partial charge in [0, 0.05) is 17.6 Å². The van der Waals surface area contributed by atoms with Crippen molar-refractivity contribution in [2.75, 3.05) is 20.1 Å². The van der Waals surface area contributed by atoms with Crippen molar-refractivity contribution in [2.45, 2.75) is 57.5 Å². The first kappa shape index (κ1) is 16.4. The van der Waals surface area contributed by atoms with Crippen LogP contribution in [-0.4, -0.2) is 31.1 Å². The van der Waals surface area contributed by atoms with Gasteiger partial charge in [0.2, 0.25) is 0 Å². The molecule has 2 rings (SSSR count). The second kappa shape index (κ2) is 8.50. The summed E-state index contributed by atoms with van der Waals surface area (Å²) >= 11 is 0. The molecule has 3 heteroatoms. The van der Waals surface area contributed by atoms with E-state index >= 15 is 0 Å². The average molecular weight is 292 g/mol. The van der Waals surface area contributed by atoms with E-state index in [1.165, 1.54) is 45.1 Å². The number of nitrogens with zero attached hydrogens (tertiary/aromatic N) is 1. The van der Waals surface area contributed by atoms with Gasteiger partial charge < -0.3 is 5.32 Å². The van der Waals surface area contributed by atoms with E-state index in [9.17, 15) is 4.39 Å². The van der Waals surface area contributed by atoms with Crippen LogP contribution in [0.2, 0.25) is 0 Å². The predicted octanol–water partition coefficient (Wildman–Crippen LogP) is 4.13. The highest BCUT2D eigenvalue weighted by Crippen LogP contribution is 2.22. The number of hydrogen-bond acceptors (Lipinski definition) is 2. The van der Waals surface area contributed by atoms with Gasteiger partial charge in [0.05, 0.1) is 0 Å². The average Bonchev–Trinajstić information content (AvgIpc) is 3.30. The van der Waals surface area contributed by atoms with Gasteiger partial charge in [0.1, 0.15) is 5.82 Å². The summed E-state index contributed by atoms with van der Waals surface area (Å²) in [4.78, 5) is 2.25.